The summed E-state index contributed by atoms with van der Waals surface area (Å²) < 4.78 is 0. The maximum atomic E-state index is 10.5. The third-order valence-electron chi connectivity index (χ3n) is 1.54. The zero-order valence-electron chi connectivity index (χ0n) is 7.76. The van der Waals surface area contributed by atoms with Crippen molar-refractivity contribution in [1.29, 1.82) is 0 Å². The molecule has 2 heteroatoms. The van der Waals surface area contributed by atoms with Gasteiger partial charge in [0, 0.05) is 14.0 Å². The highest BCUT2D eigenvalue weighted by atomic mass is 28.3. The van der Waals surface area contributed by atoms with E-state index in [1.54, 1.807) is 0 Å². The quantitative estimate of drug-likeness (QED) is 0.352. The molecule has 0 saturated heterocycles. The molecule has 64 valence electrons. The van der Waals surface area contributed by atoms with E-state index in [4.69, 9.17) is 0 Å². The highest BCUT2D eigenvalue weighted by molar-refractivity contribution is 6.76. The van der Waals surface area contributed by atoms with Crippen LogP contribution >= 0.6 is 0 Å². The molecule has 0 rings (SSSR count). The molecule has 0 saturated carbocycles. The maximum Gasteiger partial charge on any atom is 0.123 e. The van der Waals surface area contributed by atoms with Gasteiger partial charge in [-0.05, 0) is 12.5 Å². The van der Waals surface area contributed by atoms with Gasteiger partial charge in [-0.15, -0.1) is 6.58 Å². The maximum absolute atomic E-state index is 10.5. The van der Waals surface area contributed by atoms with Crippen molar-refractivity contribution in [1.82, 2.24) is 0 Å². The van der Waals surface area contributed by atoms with Crippen molar-refractivity contribution in [3.8, 4) is 0 Å². The van der Waals surface area contributed by atoms with Gasteiger partial charge in [-0.2, -0.15) is 0 Å². The normalized spacial score (nSPS) is 14.1. The Hall–Kier alpha value is -0.373. The van der Waals surface area contributed by atoms with Gasteiger partial charge >= 0.3 is 0 Å². The smallest absolute Gasteiger partial charge is 0.123 e. The van der Waals surface area contributed by atoms with E-state index in [9.17, 15) is 4.79 Å². The standard InChI is InChI=1S/C9H18OSi/c1-5-6-9(7-10)8-11(2,3)4/h5,7,9H,1,6,8H2,2-4H3. The summed E-state index contributed by atoms with van der Waals surface area (Å²) >= 11 is 0. The highest BCUT2D eigenvalue weighted by Gasteiger charge is 2.18. The molecule has 0 aromatic carbocycles. The Morgan fingerprint density at radius 1 is 1.45 bits per heavy atom. The predicted octanol–water partition coefficient (Wildman–Crippen LogP) is 2.72. The number of carbonyl (C=O) groups excluding carboxylic acids is 1. The molecule has 0 N–H and O–H groups in total. The fraction of sp³-hybridized carbons (Fsp3) is 0.667. The minimum Gasteiger partial charge on any atom is -0.303 e. The zero-order chi connectivity index (χ0) is 8.91. The van der Waals surface area contributed by atoms with Gasteiger partial charge < -0.3 is 4.79 Å². The van der Waals surface area contributed by atoms with Crippen molar-refractivity contribution < 1.29 is 4.79 Å². The highest BCUT2D eigenvalue weighted by Crippen LogP contribution is 2.17. The van der Waals surface area contributed by atoms with Gasteiger partial charge in [-0.25, -0.2) is 0 Å². The van der Waals surface area contributed by atoms with E-state index in [1.165, 1.54) is 0 Å². The summed E-state index contributed by atoms with van der Waals surface area (Å²) in [6.45, 7) is 10.5. The summed E-state index contributed by atoms with van der Waals surface area (Å²) in [5, 5.41) is 0. The molecule has 0 aliphatic heterocycles. The Morgan fingerprint density at radius 3 is 2.27 bits per heavy atom. The molecule has 11 heavy (non-hydrogen) atoms. The molecule has 0 heterocycles. The summed E-state index contributed by atoms with van der Waals surface area (Å²) in [6, 6.07) is 1.09. The van der Waals surface area contributed by atoms with Crippen LogP contribution in [0.15, 0.2) is 12.7 Å². The summed E-state index contributed by atoms with van der Waals surface area (Å²) in [6.07, 6.45) is 3.74. The molecule has 0 bridgehead atoms. The summed E-state index contributed by atoms with van der Waals surface area (Å²) in [5.41, 5.74) is 0. The first-order valence-electron chi connectivity index (χ1n) is 4.06. The fourth-order valence-electron chi connectivity index (χ4n) is 1.19. The van der Waals surface area contributed by atoms with Gasteiger partial charge in [-0.1, -0.05) is 25.7 Å². The third kappa shape index (κ3) is 6.04. The number of hydrogen-bond donors (Lipinski definition) is 0. The molecule has 0 aliphatic carbocycles. The lowest BCUT2D eigenvalue weighted by Gasteiger charge is -2.19. The van der Waals surface area contributed by atoms with Crippen LogP contribution in [0.4, 0.5) is 0 Å². The average molecular weight is 170 g/mol. The fourth-order valence-corrected chi connectivity index (χ4v) is 3.02. The van der Waals surface area contributed by atoms with Gasteiger partial charge in [0.05, 0.1) is 0 Å². The second kappa shape index (κ2) is 4.49. The topological polar surface area (TPSA) is 17.1 Å². The molecule has 1 nitrogen and oxygen atoms in total. The van der Waals surface area contributed by atoms with E-state index in [2.05, 4.69) is 26.2 Å². The molecule has 1 unspecified atom stereocenters. The Kier molecular flexibility index (Phi) is 4.34. The molecule has 0 aromatic heterocycles. The van der Waals surface area contributed by atoms with E-state index < -0.39 is 8.07 Å². The lowest BCUT2D eigenvalue weighted by Crippen LogP contribution is -2.24. The summed E-state index contributed by atoms with van der Waals surface area (Å²) in [4.78, 5) is 10.5. The second-order valence-electron chi connectivity index (χ2n) is 4.19. The molecular formula is C9H18OSi. The molecule has 0 aromatic rings. The molecule has 1 atom stereocenters. The molecule has 0 aliphatic rings. The van der Waals surface area contributed by atoms with Crippen LogP contribution in [0, 0.1) is 5.92 Å². The lowest BCUT2D eigenvalue weighted by atomic mass is 10.1. The monoisotopic (exact) mass is 170 g/mol. The molecular weight excluding hydrogens is 152 g/mol. The van der Waals surface area contributed by atoms with Crippen molar-refractivity contribution in [3.05, 3.63) is 12.7 Å². The Labute approximate surface area is 70.5 Å². The Balaban J connectivity index is 3.87. The van der Waals surface area contributed by atoms with E-state index in [0.29, 0.717) is 0 Å². The number of rotatable bonds is 5. The van der Waals surface area contributed by atoms with Crippen molar-refractivity contribution >= 4 is 14.4 Å². The lowest BCUT2D eigenvalue weighted by molar-refractivity contribution is -0.110. The Bertz CT molecular complexity index is 135. The van der Waals surface area contributed by atoms with Crippen LogP contribution in [0.3, 0.4) is 0 Å². The van der Waals surface area contributed by atoms with Crippen LogP contribution in [0.5, 0.6) is 0 Å². The van der Waals surface area contributed by atoms with Gasteiger partial charge in [0.1, 0.15) is 6.29 Å². The number of aldehydes is 1. The first-order chi connectivity index (χ1) is 4.99. The Morgan fingerprint density at radius 2 is 2.00 bits per heavy atom. The van der Waals surface area contributed by atoms with E-state index in [-0.39, 0.29) is 5.92 Å². The number of hydrogen-bond acceptors (Lipinski definition) is 1. The van der Waals surface area contributed by atoms with Crippen LogP contribution in [-0.2, 0) is 4.79 Å². The van der Waals surface area contributed by atoms with Crippen LogP contribution in [0.25, 0.3) is 0 Å². The third-order valence-corrected chi connectivity index (χ3v) is 3.29. The largest absolute Gasteiger partial charge is 0.303 e. The van der Waals surface area contributed by atoms with Crippen molar-refractivity contribution in [2.75, 3.05) is 0 Å². The predicted molar refractivity (Wildman–Crippen MR) is 52.5 cm³/mol. The average Bonchev–Trinajstić information content (AvgIpc) is 1.84. The SMILES string of the molecule is C=CCC(C=O)C[Si](C)(C)C. The first kappa shape index (κ1) is 10.6. The van der Waals surface area contributed by atoms with E-state index >= 15 is 0 Å². The van der Waals surface area contributed by atoms with Gasteiger partial charge in [0.2, 0.25) is 0 Å². The molecule has 0 radical (unpaired) electrons. The van der Waals surface area contributed by atoms with Gasteiger partial charge in [0.15, 0.2) is 0 Å². The van der Waals surface area contributed by atoms with E-state index in [1.807, 2.05) is 6.08 Å². The van der Waals surface area contributed by atoms with Crippen molar-refractivity contribution in [2.24, 2.45) is 5.92 Å². The first-order valence-corrected chi connectivity index (χ1v) is 7.76. The van der Waals surface area contributed by atoms with Gasteiger partial charge in [-0.3, -0.25) is 0 Å². The van der Waals surface area contributed by atoms with Crippen LogP contribution in [0.2, 0.25) is 25.7 Å². The molecule has 0 amide bonds. The summed E-state index contributed by atoms with van der Waals surface area (Å²) in [5.74, 6) is 0.221. The van der Waals surface area contributed by atoms with Crippen LogP contribution in [-0.4, -0.2) is 14.4 Å². The van der Waals surface area contributed by atoms with Gasteiger partial charge in [0.25, 0.3) is 0 Å². The van der Waals surface area contributed by atoms with Crippen LogP contribution < -0.4 is 0 Å². The molecule has 0 fully saturated rings. The second-order valence-corrected chi connectivity index (χ2v) is 9.71. The van der Waals surface area contributed by atoms with Crippen molar-refractivity contribution in [3.63, 3.8) is 0 Å². The number of carbonyl (C=O) groups is 1. The van der Waals surface area contributed by atoms with E-state index in [0.717, 1.165) is 18.8 Å². The van der Waals surface area contributed by atoms with Crippen LogP contribution in [0.1, 0.15) is 6.42 Å². The minimum absolute atomic E-state index is 0.221. The zero-order valence-corrected chi connectivity index (χ0v) is 8.76. The molecule has 0 spiro atoms. The number of allylic oxidation sites excluding steroid dienone is 1. The summed E-state index contributed by atoms with van der Waals surface area (Å²) in [7, 11) is -1.06. The minimum atomic E-state index is -1.06. The van der Waals surface area contributed by atoms with Crippen molar-refractivity contribution in [2.45, 2.75) is 32.1 Å².